The van der Waals surface area contributed by atoms with Gasteiger partial charge in [-0.2, -0.15) is 0 Å². The van der Waals surface area contributed by atoms with Gasteiger partial charge in [-0.05, 0) is 31.9 Å². The third-order valence-electron chi connectivity index (χ3n) is 7.20. The van der Waals surface area contributed by atoms with Crippen molar-refractivity contribution in [1.29, 1.82) is 0 Å². The molecular weight excluding hydrogens is 378 g/mol. The summed E-state index contributed by atoms with van der Waals surface area (Å²) in [6, 6.07) is 9.88. The first kappa shape index (κ1) is 17.9. The molecule has 0 radical (unpaired) electrons. The van der Waals surface area contributed by atoms with Crippen molar-refractivity contribution in [3.05, 3.63) is 54.1 Å². The number of rotatable bonds is 4. The van der Waals surface area contributed by atoms with Crippen LogP contribution in [-0.2, 0) is 4.74 Å². The second kappa shape index (κ2) is 6.54. The van der Waals surface area contributed by atoms with Gasteiger partial charge in [0.1, 0.15) is 11.6 Å². The van der Waals surface area contributed by atoms with Crippen molar-refractivity contribution in [2.75, 3.05) is 24.5 Å². The molecule has 154 valence electrons. The molecule has 0 saturated carbocycles. The van der Waals surface area contributed by atoms with Crippen LogP contribution in [0.5, 0.6) is 0 Å². The Kier molecular flexibility index (Phi) is 3.90. The Morgan fingerprint density at radius 3 is 3.17 bits per heavy atom. The number of amides is 1. The maximum absolute atomic E-state index is 12.9. The SMILES string of the molecule is Cc1nccc(N2C[C@@H]3[C@H](CNC(=O)c4c[nH]c5ccccc45)[C@H]4CC[C@]3(C2)O4)n1. The van der Waals surface area contributed by atoms with E-state index in [1.165, 1.54) is 0 Å². The van der Waals surface area contributed by atoms with Crippen molar-refractivity contribution < 1.29 is 9.53 Å². The number of hydrogen-bond acceptors (Lipinski definition) is 5. The highest BCUT2D eigenvalue weighted by Crippen LogP contribution is 2.55. The minimum atomic E-state index is -0.0975. The molecule has 2 bridgehead atoms. The first-order chi connectivity index (χ1) is 14.6. The van der Waals surface area contributed by atoms with Crippen molar-refractivity contribution in [1.82, 2.24) is 20.3 Å². The number of carbonyl (C=O) groups is 1. The maximum atomic E-state index is 12.9. The highest BCUT2D eigenvalue weighted by Gasteiger charge is 2.63. The lowest BCUT2D eigenvalue weighted by Crippen LogP contribution is -2.41. The van der Waals surface area contributed by atoms with Crippen molar-refractivity contribution in [2.24, 2.45) is 11.8 Å². The Morgan fingerprint density at radius 2 is 2.27 bits per heavy atom. The van der Waals surface area contributed by atoms with E-state index in [1.807, 2.05) is 43.5 Å². The van der Waals surface area contributed by atoms with Crippen molar-refractivity contribution in [3.8, 4) is 0 Å². The number of anilines is 1. The zero-order chi connectivity index (χ0) is 20.3. The van der Waals surface area contributed by atoms with E-state index in [2.05, 4.69) is 25.2 Å². The number of nitrogens with one attached hydrogen (secondary N) is 2. The van der Waals surface area contributed by atoms with E-state index in [0.717, 1.165) is 48.5 Å². The Bertz CT molecular complexity index is 1130. The van der Waals surface area contributed by atoms with Crippen LogP contribution in [0.3, 0.4) is 0 Å². The number of aromatic nitrogens is 3. The minimum absolute atomic E-state index is 0.0226. The number of H-pyrrole nitrogens is 1. The van der Waals surface area contributed by atoms with Gasteiger partial charge in [-0.1, -0.05) is 18.2 Å². The van der Waals surface area contributed by atoms with Gasteiger partial charge in [-0.15, -0.1) is 0 Å². The summed E-state index contributed by atoms with van der Waals surface area (Å²) >= 11 is 0. The predicted molar refractivity (Wildman–Crippen MR) is 113 cm³/mol. The molecule has 1 amide bonds. The number of ether oxygens (including phenoxy) is 1. The molecule has 7 nitrogen and oxygen atoms in total. The van der Waals surface area contributed by atoms with Gasteiger partial charge in [0.05, 0.1) is 17.3 Å². The highest BCUT2D eigenvalue weighted by molar-refractivity contribution is 6.06. The Labute approximate surface area is 174 Å². The summed E-state index contributed by atoms with van der Waals surface area (Å²) in [5.74, 6) is 2.48. The first-order valence-corrected chi connectivity index (χ1v) is 10.7. The average Bonchev–Trinajstić information content (AvgIpc) is 3.50. The quantitative estimate of drug-likeness (QED) is 0.700. The largest absolute Gasteiger partial charge is 0.369 e. The fraction of sp³-hybridized carbons (Fsp3) is 0.435. The molecular formula is C23H25N5O2. The number of para-hydroxylation sites is 1. The number of fused-ring (bicyclic) bond motifs is 2. The molecule has 7 heteroatoms. The molecule has 4 atom stereocenters. The summed E-state index contributed by atoms with van der Waals surface area (Å²) in [5, 5.41) is 4.15. The molecule has 1 aromatic carbocycles. The van der Waals surface area contributed by atoms with Crippen LogP contribution in [0.1, 0.15) is 29.0 Å². The van der Waals surface area contributed by atoms with E-state index in [4.69, 9.17) is 4.74 Å². The summed E-state index contributed by atoms with van der Waals surface area (Å²) in [6.45, 7) is 4.36. The summed E-state index contributed by atoms with van der Waals surface area (Å²) in [7, 11) is 0. The Morgan fingerprint density at radius 1 is 1.37 bits per heavy atom. The van der Waals surface area contributed by atoms with Crippen LogP contribution in [0.15, 0.2) is 42.7 Å². The Balaban J connectivity index is 1.19. The molecule has 0 aliphatic carbocycles. The number of aromatic amines is 1. The lowest BCUT2D eigenvalue weighted by Gasteiger charge is -2.29. The van der Waals surface area contributed by atoms with Crippen molar-refractivity contribution in [3.63, 3.8) is 0 Å². The third kappa shape index (κ3) is 2.65. The molecule has 1 spiro atoms. The lowest BCUT2D eigenvalue weighted by molar-refractivity contribution is 0.0141. The summed E-state index contributed by atoms with van der Waals surface area (Å²) < 4.78 is 6.53. The standard InChI is InChI=1S/C23H25N5O2/c1-14-24-9-7-21(27-14)28-12-18-17(20-6-8-23(18,13-28)30-20)11-26-22(29)16-10-25-19-5-3-2-4-15(16)19/h2-5,7,9-10,17-18,20,25H,6,8,11-13H2,1H3,(H,26,29)/t17-,18+,20+,23+/m0/s1. The molecule has 2 aromatic heterocycles. The molecule has 2 N–H and O–H groups in total. The summed E-state index contributed by atoms with van der Waals surface area (Å²) in [5.41, 5.74) is 1.59. The number of benzene rings is 1. The van der Waals surface area contributed by atoms with Gasteiger partial charge in [0.2, 0.25) is 0 Å². The molecule has 3 fully saturated rings. The number of aryl methyl sites for hydroxylation is 1. The first-order valence-electron chi connectivity index (χ1n) is 10.7. The fourth-order valence-electron chi connectivity index (χ4n) is 5.82. The molecule has 6 rings (SSSR count). The van der Waals surface area contributed by atoms with E-state index in [-0.39, 0.29) is 17.6 Å². The normalized spacial score (nSPS) is 29.5. The van der Waals surface area contributed by atoms with E-state index in [1.54, 1.807) is 6.20 Å². The van der Waals surface area contributed by atoms with Crippen LogP contribution < -0.4 is 10.2 Å². The summed E-state index contributed by atoms with van der Waals surface area (Å²) in [4.78, 5) is 27.2. The van der Waals surface area contributed by atoms with Crippen LogP contribution in [0.4, 0.5) is 5.82 Å². The van der Waals surface area contributed by atoms with Gasteiger partial charge in [0.25, 0.3) is 5.91 Å². The summed E-state index contributed by atoms with van der Waals surface area (Å²) in [6.07, 6.45) is 6.03. The lowest BCUT2D eigenvalue weighted by atomic mass is 9.73. The van der Waals surface area contributed by atoms with Gasteiger partial charge in [0.15, 0.2) is 0 Å². The second-order valence-electron chi connectivity index (χ2n) is 8.83. The van der Waals surface area contributed by atoms with Crippen LogP contribution in [0.2, 0.25) is 0 Å². The zero-order valence-corrected chi connectivity index (χ0v) is 17.0. The monoisotopic (exact) mass is 403 g/mol. The van der Waals surface area contributed by atoms with Gasteiger partial charge < -0.3 is 19.9 Å². The number of hydrogen-bond donors (Lipinski definition) is 2. The zero-order valence-electron chi connectivity index (χ0n) is 17.0. The Hall–Kier alpha value is -2.93. The van der Waals surface area contributed by atoms with Gasteiger partial charge >= 0.3 is 0 Å². The van der Waals surface area contributed by atoms with E-state index in [0.29, 0.717) is 23.9 Å². The second-order valence-corrected chi connectivity index (χ2v) is 8.83. The maximum Gasteiger partial charge on any atom is 0.253 e. The van der Waals surface area contributed by atoms with Crippen LogP contribution in [0.25, 0.3) is 10.9 Å². The minimum Gasteiger partial charge on any atom is -0.369 e. The fourth-order valence-corrected chi connectivity index (χ4v) is 5.82. The highest BCUT2D eigenvalue weighted by atomic mass is 16.5. The topological polar surface area (TPSA) is 83.1 Å². The number of carbonyl (C=O) groups excluding carboxylic acids is 1. The molecule has 30 heavy (non-hydrogen) atoms. The van der Waals surface area contributed by atoms with Crippen molar-refractivity contribution >= 4 is 22.6 Å². The third-order valence-corrected chi connectivity index (χ3v) is 7.20. The van der Waals surface area contributed by atoms with Crippen LogP contribution in [0, 0.1) is 18.8 Å². The number of nitrogens with zero attached hydrogens (tertiary/aromatic N) is 3. The predicted octanol–water partition coefficient (Wildman–Crippen LogP) is 2.68. The van der Waals surface area contributed by atoms with E-state index in [9.17, 15) is 4.79 Å². The van der Waals surface area contributed by atoms with Gasteiger partial charge in [0, 0.05) is 54.8 Å². The van der Waals surface area contributed by atoms with E-state index < -0.39 is 0 Å². The molecule has 3 aliphatic heterocycles. The van der Waals surface area contributed by atoms with Gasteiger partial charge in [-0.25, -0.2) is 9.97 Å². The average molecular weight is 403 g/mol. The molecule has 5 heterocycles. The molecule has 3 aliphatic rings. The van der Waals surface area contributed by atoms with E-state index >= 15 is 0 Å². The molecule has 0 unspecified atom stereocenters. The molecule has 3 aromatic rings. The van der Waals surface area contributed by atoms with Crippen LogP contribution in [-0.4, -0.2) is 52.2 Å². The van der Waals surface area contributed by atoms with Gasteiger partial charge in [-0.3, -0.25) is 4.79 Å². The molecule has 3 saturated heterocycles. The van der Waals surface area contributed by atoms with Crippen LogP contribution >= 0.6 is 0 Å². The smallest absolute Gasteiger partial charge is 0.253 e. The van der Waals surface area contributed by atoms with Crippen molar-refractivity contribution in [2.45, 2.75) is 31.5 Å².